The summed E-state index contributed by atoms with van der Waals surface area (Å²) in [6.45, 7) is 1.96. The Morgan fingerprint density at radius 3 is 2.32 bits per heavy atom. The maximum Gasteiger partial charge on any atom is 0.255 e. The van der Waals surface area contributed by atoms with Gasteiger partial charge in [0.2, 0.25) is 0 Å². The number of aryl methyl sites for hydroxylation is 1. The molecule has 0 aliphatic heterocycles. The van der Waals surface area contributed by atoms with E-state index in [0.717, 1.165) is 11.1 Å². The molecule has 0 saturated heterocycles. The molecule has 0 aliphatic carbocycles. The maximum absolute atomic E-state index is 12.8. The van der Waals surface area contributed by atoms with E-state index in [1.54, 1.807) is 36.4 Å². The van der Waals surface area contributed by atoms with Gasteiger partial charge in [-0.15, -0.1) is 11.6 Å². The van der Waals surface area contributed by atoms with Crippen LogP contribution in [0.4, 0.5) is 5.69 Å². The van der Waals surface area contributed by atoms with Crippen molar-refractivity contribution < 1.29 is 13.2 Å². The van der Waals surface area contributed by atoms with Gasteiger partial charge in [0.15, 0.2) is 9.84 Å². The number of amides is 1. The van der Waals surface area contributed by atoms with Gasteiger partial charge in [0.25, 0.3) is 5.91 Å². The molecule has 6 heteroatoms. The molecule has 0 aliphatic rings. The van der Waals surface area contributed by atoms with Gasteiger partial charge in [-0.25, -0.2) is 8.42 Å². The SMILES string of the molecule is Cc1ccc(NC(=O)c2cccc(S(=O)(=O)C[C@@H](Cl)c3ccccc3)c2)cc1. The van der Waals surface area contributed by atoms with Crippen LogP contribution in [-0.4, -0.2) is 20.1 Å². The molecule has 0 bridgehead atoms. The van der Waals surface area contributed by atoms with Crippen LogP contribution >= 0.6 is 11.6 Å². The van der Waals surface area contributed by atoms with Crippen LogP contribution in [0.1, 0.15) is 26.9 Å². The first kappa shape index (κ1) is 20.1. The van der Waals surface area contributed by atoms with Gasteiger partial charge in [-0.1, -0.05) is 54.1 Å². The zero-order valence-electron chi connectivity index (χ0n) is 15.3. The van der Waals surface area contributed by atoms with Crippen LogP contribution in [0.5, 0.6) is 0 Å². The maximum atomic E-state index is 12.8. The molecule has 3 rings (SSSR count). The average Bonchev–Trinajstić information content (AvgIpc) is 2.70. The van der Waals surface area contributed by atoms with Crippen molar-refractivity contribution >= 4 is 33.0 Å². The van der Waals surface area contributed by atoms with Crippen LogP contribution in [-0.2, 0) is 9.84 Å². The fraction of sp³-hybridized carbons (Fsp3) is 0.136. The molecule has 3 aromatic rings. The second-order valence-electron chi connectivity index (χ2n) is 6.51. The third kappa shape index (κ3) is 5.00. The van der Waals surface area contributed by atoms with Gasteiger partial charge in [0, 0.05) is 11.3 Å². The van der Waals surface area contributed by atoms with Crippen LogP contribution in [0.3, 0.4) is 0 Å². The van der Waals surface area contributed by atoms with Gasteiger partial charge < -0.3 is 5.32 Å². The number of sulfone groups is 1. The summed E-state index contributed by atoms with van der Waals surface area (Å²) < 4.78 is 25.5. The molecule has 1 amide bonds. The fourth-order valence-corrected chi connectivity index (χ4v) is 4.72. The first-order valence-electron chi connectivity index (χ1n) is 8.75. The lowest BCUT2D eigenvalue weighted by Crippen LogP contribution is -2.15. The third-order valence-electron chi connectivity index (χ3n) is 4.29. The number of hydrogen-bond donors (Lipinski definition) is 1. The normalized spacial score (nSPS) is 12.4. The predicted molar refractivity (Wildman–Crippen MR) is 113 cm³/mol. The summed E-state index contributed by atoms with van der Waals surface area (Å²) in [6.07, 6.45) is 0. The number of halogens is 1. The summed E-state index contributed by atoms with van der Waals surface area (Å²) in [5.74, 6) is -0.617. The molecule has 144 valence electrons. The van der Waals surface area contributed by atoms with Crippen LogP contribution in [0.15, 0.2) is 83.8 Å². The highest BCUT2D eigenvalue weighted by Crippen LogP contribution is 2.25. The average molecular weight is 414 g/mol. The molecule has 0 unspecified atom stereocenters. The molecule has 0 radical (unpaired) electrons. The molecule has 0 spiro atoms. The van der Waals surface area contributed by atoms with Crippen molar-refractivity contribution in [1.29, 1.82) is 0 Å². The van der Waals surface area contributed by atoms with Gasteiger partial charge in [0.1, 0.15) is 0 Å². The zero-order valence-corrected chi connectivity index (χ0v) is 16.9. The number of anilines is 1. The monoisotopic (exact) mass is 413 g/mol. The molecule has 0 saturated carbocycles. The summed E-state index contributed by atoms with van der Waals surface area (Å²) >= 11 is 6.30. The topological polar surface area (TPSA) is 63.2 Å². The zero-order chi connectivity index (χ0) is 20.1. The van der Waals surface area contributed by atoms with E-state index < -0.39 is 15.2 Å². The van der Waals surface area contributed by atoms with Crippen molar-refractivity contribution in [2.75, 3.05) is 11.1 Å². The number of carbonyl (C=O) groups excluding carboxylic acids is 1. The van der Waals surface area contributed by atoms with Crippen molar-refractivity contribution in [2.24, 2.45) is 0 Å². The molecule has 3 aromatic carbocycles. The minimum absolute atomic E-state index is 0.0747. The van der Waals surface area contributed by atoms with E-state index in [4.69, 9.17) is 11.6 Å². The summed E-state index contributed by atoms with van der Waals surface area (Å²) in [7, 11) is -3.65. The molecule has 1 atom stereocenters. The van der Waals surface area contributed by atoms with Crippen molar-refractivity contribution in [3.63, 3.8) is 0 Å². The Kier molecular flexibility index (Phi) is 6.17. The Labute approximate surface area is 170 Å². The van der Waals surface area contributed by atoms with E-state index in [1.165, 1.54) is 12.1 Å². The Balaban J connectivity index is 1.77. The third-order valence-corrected chi connectivity index (χ3v) is 6.63. The largest absolute Gasteiger partial charge is 0.322 e. The van der Waals surface area contributed by atoms with E-state index in [2.05, 4.69) is 5.32 Å². The number of carbonyl (C=O) groups is 1. The van der Waals surface area contributed by atoms with Gasteiger partial charge in [0.05, 0.1) is 16.0 Å². The Bertz CT molecular complexity index is 1060. The van der Waals surface area contributed by atoms with E-state index in [-0.39, 0.29) is 22.1 Å². The standard InChI is InChI=1S/C22H20ClNO3S/c1-16-10-12-19(13-11-16)24-22(25)18-8-5-9-20(14-18)28(26,27)15-21(23)17-6-3-2-4-7-17/h2-14,21H,15H2,1H3,(H,24,25)/t21-/m1/s1. The molecular formula is C22H20ClNO3S. The van der Waals surface area contributed by atoms with E-state index >= 15 is 0 Å². The first-order chi connectivity index (χ1) is 13.3. The lowest BCUT2D eigenvalue weighted by Gasteiger charge is -2.12. The molecule has 1 N–H and O–H groups in total. The minimum atomic E-state index is -3.65. The molecule has 4 nitrogen and oxygen atoms in total. The molecule has 0 fully saturated rings. The number of hydrogen-bond acceptors (Lipinski definition) is 3. The van der Waals surface area contributed by atoms with Crippen molar-refractivity contribution in [3.05, 3.63) is 95.6 Å². The number of rotatable bonds is 6. The summed E-state index contributed by atoms with van der Waals surface area (Å²) in [4.78, 5) is 12.6. The lowest BCUT2D eigenvalue weighted by atomic mass is 10.2. The number of alkyl halides is 1. The first-order valence-corrected chi connectivity index (χ1v) is 10.8. The fourth-order valence-electron chi connectivity index (χ4n) is 2.72. The number of benzene rings is 3. The number of nitrogens with one attached hydrogen (secondary N) is 1. The minimum Gasteiger partial charge on any atom is -0.322 e. The molecule has 28 heavy (non-hydrogen) atoms. The second kappa shape index (κ2) is 8.59. The van der Waals surface area contributed by atoms with Crippen molar-refractivity contribution in [2.45, 2.75) is 17.2 Å². The predicted octanol–water partition coefficient (Wildman–Crippen LogP) is 5.00. The van der Waals surface area contributed by atoms with Crippen LogP contribution in [0.2, 0.25) is 0 Å². The molecule has 0 heterocycles. The highest BCUT2D eigenvalue weighted by molar-refractivity contribution is 7.91. The van der Waals surface area contributed by atoms with E-state index in [1.807, 2.05) is 37.3 Å². The van der Waals surface area contributed by atoms with Crippen molar-refractivity contribution in [3.8, 4) is 0 Å². The van der Waals surface area contributed by atoms with Crippen molar-refractivity contribution in [1.82, 2.24) is 0 Å². The quantitative estimate of drug-likeness (QED) is 0.578. The highest BCUT2D eigenvalue weighted by Gasteiger charge is 2.22. The Morgan fingerprint density at radius 1 is 0.964 bits per heavy atom. The second-order valence-corrected chi connectivity index (χ2v) is 9.07. The summed E-state index contributed by atoms with van der Waals surface area (Å²) in [5.41, 5.74) is 2.74. The van der Waals surface area contributed by atoms with Gasteiger partial charge in [-0.2, -0.15) is 0 Å². The van der Waals surface area contributed by atoms with Gasteiger partial charge in [-0.05, 0) is 42.8 Å². The van der Waals surface area contributed by atoms with E-state index in [0.29, 0.717) is 5.69 Å². The smallest absolute Gasteiger partial charge is 0.255 e. The summed E-state index contributed by atoms with van der Waals surface area (Å²) in [6, 6.07) is 22.4. The van der Waals surface area contributed by atoms with Crippen LogP contribution < -0.4 is 5.32 Å². The van der Waals surface area contributed by atoms with Crippen LogP contribution in [0.25, 0.3) is 0 Å². The van der Waals surface area contributed by atoms with Gasteiger partial charge in [-0.3, -0.25) is 4.79 Å². The van der Waals surface area contributed by atoms with Crippen LogP contribution in [0, 0.1) is 6.92 Å². The van der Waals surface area contributed by atoms with E-state index in [9.17, 15) is 13.2 Å². The van der Waals surface area contributed by atoms with Gasteiger partial charge >= 0.3 is 0 Å². The highest BCUT2D eigenvalue weighted by atomic mass is 35.5. The Hall–Kier alpha value is -2.63. The summed E-state index contributed by atoms with van der Waals surface area (Å²) in [5, 5.41) is 2.10. The Morgan fingerprint density at radius 2 is 1.64 bits per heavy atom. The molecule has 0 aromatic heterocycles. The lowest BCUT2D eigenvalue weighted by molar-refractivity contribution is 0.102. The molecular weight excluding hydrogens is 394 g/mol.